The third-order valence-electron chi connectivity index (χ3n) is 28.5. The number of anilines is 2. The Morgan fingerprint density at radius 1 is 0.694 bits per heavy atom. The van der Waals surface area contributed by atoms with Gasteiger partial charge in [-0.2, -0.15) is 6.67 Å². The molecule has 18 heteroatoms. The number of nitrogens with zero attached hydrogens (tertiary/aromatic N) is 2. The van der Waals surface area contributed by atoms with Crippen LogP contribution in [0.15, 0.2) is 115 Å². The molecule has 3 aromatic rings. The fraction of sp³-hybridized carbons (Fsp3) is 0.660. The van der Waals surface area contributed by atoms with E-state index in [2.05, 4.69) is 182 Å². The molecule has 2 heterocycles. The molecule has 5 aliphatic rings. The molecule has 3 saturated carbocycles. The molecule has 0 spiro atoms. The third kappa shape index (κ3) is 35.0. The molecule has 0 unspecified atom stereocenters. The number of halogens is 2. The Kier molecular flexibility index (Phi) is 46.8. The number of carbonyl (C=O) groups is 6. The van der Waals surface area contributed by atoms with Crippen LogP contribution in [0.4, 0.5) is 11.4 Å². The first-order valence-corrected chi connectivity index (χ1v) is 60.0. The maximum absolute atomic E-state index is 13.9. The molecule has 700 valence electrons. The molecule has 0 N–H and O–H groups in total. The molecule has 10 atom stereocenters. The number of hydrogen-bond donors (Lipinski definition) is 0. The maximum atomic E-state index is 13.9. The number of carbonyl (C=O) groups excluding carboxylic acids is 6. The van der Waals surface area contributed by atoms with E-state index in [9.17, 15) is 28.8 Å². The van der Waals surface area contributed by atoms with Gasteiger partial charge in [-0.3, -0.25) is 28.8 Å². The van der Waals surface area contributed by atoms with Crippen LogP contribution < -0.4 is 9.80 Å². The summed E-state index contributed by atoms with van der Waals surface area (Å²) in [6.07, 6.45) is 35.7. The summed E-state index contributed by atoms with van der Waals surface area (Å²) in [5.74, 6) is -2.34. The van der Waals surface area contributed by atoms with Crippen molar-refractivity contribution in [2.24, 2.45) is 46.3 Å². The zero-order chi connectivity index (χ0) is 93.7. The fourth-order valence-corrected chi connectivity index (χ4v) is 28.0. The molecule has 0 aromatic heterocycles. The van der Waals surface area contributed by atoms with Gasteiger partial charge in [0.05, 0.1) is 29.2 Å². The van der Waals surface area contributed by atoms with Gasteiger partial charge in [-0.1, -0.05) is 213 Å². The quantitative estimate of drug-likeness (QED) is 0.0262. The Labute approximate surface area is 772 Å². The van der Waals surface area contributed by atoms with Gasteiger partial charge >= 0.3 is 85.3 Å². The zero-order valence-electron chi connectivity index (χ0n) is 83.1. The van der Waals surface area contributed by atoms with Crippen molar-refractivity contribution in [3.05, 3.63) is 161 Å². The van der Waals surface area contributed by atoms with Gasteiger partial charge < -0.3 is 28.1 Å². The molecule has 12 nitrogen and oxygen atoms in total. The average molecular weight is 1890 g/mol. The Bertz CT molecular complexity index is 3900. The number of Topliss-reactive ketones (excluding diaryl/α,β-unsaturated/α-hetero) is 4. The number of ether oxygens (including phenoxy) is 2. The Balaban J connectivity index is 0.000000341. The number of rotatable bonds is 25. The molecule has 0 amide bonds. The van der Waals surface area contributed by atoms with Gasteiger partial charge in [0.2, 0.25) is 0 Å². The molecule has 2 aliphatic heterocycles. The van der Waals surface area contributed by atoms with Crippen LogP contribution in [0.25, 0.3) is 0 Å². The molecule has 8 rings (SSSR count). The van der Waals surface area contributed by atoms with Gasteiger partial charge in [0, 0.05) is 80.7 Å². The SMILES string of the molecule is C1CCC([PH+](C2CCCCC2)C2CCCCC2)CC1.C=CC/C(C)=C\C[C@H](OC(=O)C[C@H](C)C(C)(C)C(=O)[C@H](C)[C@@H](O[Si](C)(C)C(C)(C)C)[C@@H](C)C=C)C(C)=O.CC(=O)[C@@H]1C/C=C(/C)C/C=C/[C@H](C)[C@H](O[Si](C)(C)C(C)(C)C)[C@@H](C)C(=O)C(C)(C)[C@@H](C)CC(=O)O1.Cc1cc(C)c(N2[CH-]N(c3c(C)cc(C)cc3C)CC2)c(C)c1.[Cl][Ru]([Cl])=[CH]c1ccccc1. The van der Waals surface area contributed by atoms with Gasteiger partial charge in [0.1, 0.15) is 11.6 Å². The van der Waals surface area contributed by atoms with Crippen LogP contribution >= 0.6 is 27.3 Å². The van der Waals surface area contributed by atoms with Gasteiger partial charge in [0.25, 0.3) is 0 Å². The van der Waals surface area contributed by atoms with E-state index < -0.39 is 65.1 Å². The normalized spacial score (nSPS) is 22.3. The van der Waals surface area contributed by atoms with Crippen LogP contribution in [0.5, 0.6) is 0 Å². The topological polar surface area (TPSA) is 146 Å². The van der Waals surface area contributed by atoms with Crippen molar-refractivity contribution in [1.29, 1.82) is 0 Å². The third-order valence-corrected chi connectivity index (χ3v) is 43.8. The molecular formula is C106H171Cl2N2O10PRuSi2. The van der Waals surface area contributed by atoms with Crippen molar-refractivity contribution in [2.45, 2.75) is 393 Å². The number of cyclic esters (lactones) is 1. The predicted octanol–water partition coefficient (Wildman–Crippen LogP) is 28.9. The second-order valence-electron chi connectivity index (χ2n) is 41.7. The van der Waals surface area contributed by atoms with Crippen LogP contribution in [0.2, 0.25) is 36.3 Å². The second-order valence-corrected chi connectivity index (χ2v) is 60.4. The molecule has 124 heavy (non-hydrogen) atoms. The van der Waals surface area contributed by atoms with E-state index in [4.69, 9.17) is 37.7 Å². The van der Waals surface area contributed by atoms with Crippen molar-refractivity contribution < 1.29 is 60.6 Å². The zero-order valence-corrected chi connectivity index (χ0v) is 89.3. The summed E-state index contributed by atoms with van der Waals surface area (Å²) in [5, 5.41) is 0.0295. The standard InChI is InChI=1S/C31H54O5Si.C29H50O5Si.C21H27N2.C18H33P.C7H6.2ClH.Ru/c1-15-17-21(3)18-19-26(25(7)32)35-27(33)20-23(5)31(11,12)29(34)24(6)28(22(4)16-2)36-37(13,14)30(8,9)10;1-19-14-13-15-20(2)26(34-35(11,12)28(6,7)8)22(4)27(32)29(9,10)21(3)18-25(31)33-24(17-16-19)23(5)30;1-14-9-16(3)20(17(4)10-14)22-7-8-23(13-22)21-18(5)11-15(2)12-19(21)6;1-4-10-16(11-5-1)19(17-12-6-2-7-13-17)18-14-8-3-9-15-18;1-7-5-3-2-4-6-7;;;/h15-16,18,22-24,26,28H,1-2,17,19-20H2,3-14H3;13,15-16,20-22,24,26H,14,17-18H2,1-12H3;9-13H,7-8H2,1-6H3;16-18H,1-15H2;1-6H;2*1H;/q;;-1;;;;;+2/p-1/b21-18-;15-13+,19-16-;;;;;;/t22-,23-,24+,26-,28-;20-,21-,22+,24-,26-;;;;;;/m00....../s1. The number of benzene rings is 3. The van der Waals surface area contributed by atoms with E-state index in [0.29, 0.717) is 19.3 Å². The molecule has 3 aliphatic carbocycles. The number of aryl methyl sites for hydroxylation is 6. The number of hydrogen-bond acceptors (Lipinski definition) is 12. The monoisotopic (exact) mass is 1890 g/mol. The molecule has 3 aromatic carbocycles. The minimum absolute atomic E-state index is 0.00179. The first-order valence-electron chi connectivity index (χ1n) is 47.0. The summed E-state index contributed by atoms with van der Waals surface area (Å²) < 4.78 is 26.6. The first kappa shape index (κ1) is 112. The molecule has 4 fully saturated rings. The van der Waals surface area contributed by atoms with Crippen LogP contribution in [0.1, 0.15) is 312 Å². The average Bonchev–Trinajstić information content (AvgIpc) is 1.62. The van der Waals surface area contributed by atoms with Crippen LogP contribution in [0.3, 0.4) is 0 Å². The summed E-state index contributed by atoms with van der Waals surface area (Å²) in [6, 6.07) is 19.0. The number of ketones is 4. The van der Waals surface area contributed by atoms with Gasteiger partial charge in [-0.15, -0.1) is 13.2 Å². The molecular weight excluding hydrogens is 1720 g/mol. The van der Waals surface area contributed by atoms with Gasteiger partial charge in [-0.05, 0) is 241 Å². The van der Waals surface area contributed by atoms with Gasteiger partial charge in [0.15, 0.2) is 40.4 Å². The Hall–Kier alpha value is -4.56. The van der Waals surface area contributed by atoms with Crippen LogP contribution in [-0.2, 0) is 60.6 Å². The fourth-order valence-electron chi connectivity index (χ4n) is 18.1. The molecule has 0 radical (unpaired) electrons. The van der Waals surface area contributed by atoms with Crippen LogP contribution in [-0.4, -0.2) is 111 Å². The predicted molar refractivity (Wildman–Crippen MR) is 535 cm³/mol. The van der Waals surface area contributed by atoms with E-state index in [-0.39, 0.29) is 102 Å². The first-order chi connectivity index (χ1) is 57.6. The van der Waals surface area contributed by atoms with Crippen molar-refractivity contribution in [1.82, 2.24) is 0 Å². The summed E-state index contributed by atoms with van der Waals surface area (Å²) in [6.45, 7) is 73.5. The number of esters is 2. The van der Waals surface area contributed by atoms with E-state index in [1.807, 2.05) is 129 Å². The minimum atomic E-state index is -2.14. The van der Waals surface area contributed by atoms with E-state index >= 15 is 0 Å². The summed E-state index contributed by atoms with van der Waals surface area (Å²) in [7, 11) is 7.01. The summed E-state index contributed by atoms with van der Waals surface area (Å²) in [5.41, 5.74) is 16.3. The van der Waals surface area contributed by atoms with Crippen molar-refractivity contribution in [3.8, 4) is 0 Å². The van der Waals surface area contributed by atoms with E-state index in [1.54, 1.807) is 102 Å². The summed E-state index contributed by atoms with van der Waals surface area (Å²) >= 11 is -1.61. The Morgan fingerprint density at radius 3 is 1.56 bits per heavy atom. The molecule has 0 bridgehead atoms. The molecule has 1 saturated heterocycles. The second kappa shape index (κ2) is 51.9. The Morgan fingerprint density at radius 2 is 1.15 bits per heavy atom. The van der Waals surface area contributed by atoms with Gasteiger partial charge in [-0.25, -0.2) is 0 Å². The van der Waals surface area contributed by atoms with Crippen molar-refractivity contribution >= 4 is 95.0 Å². The van der Waals surface area contributed by atoms with Crippen molar-refractivity contribution in [2.75, 3.05) is 22.9 Å². The van der Waals surface area contributed by atoms with E-state index in [0.717, 1.165) is 36.2 Å². The van der Waals surface area contributed by atoms with Crippen LogP contribution in [0, 0.1) is 94.5 Å². The number of allylic oxidation sites excluding steroid dienone is 4. The van der Waals surface area contributed by atoms with E-state index in [1.165, 1.54) is 75.6 Å². The summed E-state index contributed by atoms with van der Waals surface area (Å²) in [4.78, 5) is 82.2. The van der Waals surface area contributed by atoms with Crippen molar-refractivity contribution in [3.63, 3.8) is 0 Å².